The number of carbonyl (C=O) groups is 1. The van der Waals surface area contributed by atoms with Crippen LogP contribution in [0.2, 0.25) is 0 Å². The van der Waals surface area contributed by atoms with E-state index in [2.05, 4.69) is 25.3 Å². The smallest absolute Gasteiger partial charge is 0.333 e. The van der Waals surface area contributed by atoms with Gasteiger partial charge in [0.05, 0.1) is 6.61 Å². The molecule has 0 fully saturated rings. The van der Waals surface area contributed by atoms with E-state index in [0.29, 0.717) is 12.2 Å². The van der Waals surface area contributed by atoms with Gasteiger partial charge in [-0.3, -0.25) is 0 Å². The van der Waals surface area contributed by atoms with Crippen molar-refractivity contribution in [1.29, 1.82) is 0 Å². The van der Waals surface area contributed by atoms with E-state index in [-0.39, 0.29) is 5.97 Å². The van der Waals surface area contributed by atoms with Crippen LogP contribution in [0.15, 0.2) is 12.2 Å². The molecule has 0 radical (unpaired) electrons. The minimum absolute atomic E-state index is 0.284. The highest BCUT2D eigenvalue weighted by molar-refractivity contribution is 5.86. The molecule has 0 spiro atoms. The maximum absolute atomic E-state index is 11.0. The summed E-state index contributed by atoms with van der Waals surface area (Å²) in [6, 6.07) is 0. The Kier molecular flexibility index (Phi) is 8.01. The molecule has 0 aliphatic carbocycles. The van der Waals surface area contributed by atoms with Crippen molar-refractivity contribution < 1.29 is 9.53 Å². The minimum atomic E-state index is -0.284. The van der Waals surface area contributed by atoms with Gasteiger partial charge in [-0.05, 0) is 32.9 Å². The van der Waals surface area contributed by atoms with E-state index in [1.54, 1.807) is 6.92 Å². The van der Waals surface area contributed by atoms with Crippen molar-refractivity contribution in [3.8, 4) is 0 Å². The number of hydrogen-bond acceptors (Lipinski definition) is 3. The Morgan fingerprint density at radius 3 is 2.47 bits per heavy atom. The summed E-state index contributed by atoms with van der Waals surface area (Å²) in [5.74, 6) is -0.284. The monoisotopic (exact) mass is 213 g/mol. The fourth-order valence-corrected chi connectivity index (χ4v) is 1.32. The van der Waals surface area contributed by atoms with Crippen LogP contribution in [0, 0.1) is 0 Å². The van der Waals surface area contributed by atoms with Gasteiger partial charge >= 0.3 is 5.97 Å². The molecular weight excluding hydrogens is 190 g/mol. The zero-order valence-corrected chi connectivity index (χ0v) is 10.2. The molecule has 0 atom stereocenters. The van der Waals surface area contributed by atoms with E-state index in [0.717, 1.165) is 26.1 Å². The van der Waals surface area contributed by atoms with E-state index in [1.165, 1.54) is 6.42 Å². The Bertz CT molecular complexity index is 202. The molecule has 0 aliphatic heterocycles. The van der Waals surface area contributed by atoms with Crippen molar-refractivity contribution >= 4 is 5.97 Å². The van der Waals surface area contributed by atoms with Crippen LogP contribution in [0.1, 0.15) is 33.6 Å². The average Bonchev–Trinajstić information content (AvgIpc) is 2.22. The fraction of sp³-hybridized carbons (Fsp3) is 0.750. The van der Waals surface area contributed by atoms with Crippen molar-refractivity contribution in [1.82, 2.24) is 4.90 Å². The Morgan fingerprint density at radius 1 is 1.33 bits per heavy atom. The Hall–Kier alpha value is -0.830. The molecular formula is C12H23NO2. The summed E-state index contributed by atoms with van der Waals surface area (Å²) >= 11 is 0. The number of carbonyl (C=O) groups excluding carboxylic acids is 1. The van der Waals surface area contributed by atoms with Crippen molar-refractivity contribution in [2.45, 2.75) is 33.6 Å². The molecule has 0 unspecified atom stereocenters. The van der Waals surface area contributed by atoms with E-state index in [4.69, 9.17) is 4.74 Å². The van der Waals surface area contributed by atoms with Gasteiger partial charge in [-0.2, -0.15) is 0 Å². The molecule has 0 rings (SSSR count). The highest BCUT2D eigenvalue weighted by atomic mass is 16.5. The van der Waals surface area contributed by atoms with Crippen LogP contribution in [0.3, 0.4) is 0 Å². The van der Waals surface area contributed by atoms with Gasteiger partial charge in [0.25, 0.3) is 0 Å². The summed E-state index contributed by atoms with van der Waals surface area (Å²) in [6.45, 7) is 13.2. The second-order valence-corrected chi connectivity index (χ2v) is 3.70. The van der Waals surface area contributed by atoms with E-state index in [1.807, 2.05) is 0 Å². The fourth-order valence-electron chi connectivity index (χ4n) is 1.32. The zero-order chi connectivity index (χ0) is 11.7. The first-order valence-electron chi connectivity index (χ1n) is 5.66. The van der Waals surface area contributed by atoms with Gasteiger partial charge in [-0.15, -0.1) is 0 Å². The number of rotatable bonds is 8. The lowest BCUT2D eigenvalue weighted by molar-refractivity contribution is -0.139. The lowest BCUT2D eigenvalue weighted by Gasteiger charge is -2.18. The van der Waals surface area contributed by atoms with E-state index < -0.39 is 0 Å². The minimum Gasteiger partial charge on any atom is -0.462 e. The maximum Gasteiger partial charge on any atom is 0.333 e. The number of ether oxygens (including phenoxy) is 1. The van der Waals surface area contributed by atoms with Gasteiger partial charge in [-0.25, -0.2) is 4.79 Å². The molecule has 0 heterocycles. The van der Waals surface area contributed by atoms with Gasteiger partial charge in [0.2, 0.25) is 0 Å². The van der Waals surface area contributed by atoms with Crippen molar-refractivity contribution in [2.75, 3.05) is 26.2 Å². The van der Waals surface area contributed by atoms with Crippen LogP contribution >= 0.6 is 0 Å². The van der Waals surface area contributed by atoms with Crippen LogP contribution < -0.4 is 0 Å². The molecule has 0 aliphatic rings. The molecule has 0 saturated heterocycles. The Labute approximate surface area is 93.1 Å². The van der Waals surface area contributed by atoms with Crippen molar-refractivity contribution in [3.63, 3.8) is 0 Å². The zero-order valence-electron chi connectivity index (χ0n) is 10.2. The van der Waals surface area contributed by atoms with Crippen LogP contribution in [0.4, 0.5) is 0 Å². The van der Waals surface area contributed by atoms with Gasteiger partial charge in [0.1, 0.15) is 0 Å². The van der Waals surface area contributed by atoms with Gasteiger partial charge in [0.15, 0.2) is 0 Å². The quantitative estimate of drug-likeness (QED) is 0.352. The summed E-state index contributed by atoms with van der Waals surface area (Å²) in [5, 5.41) is 0. The molecule has 0 amide bonds. The standard InChI is InChI=1S/C12H23NO2/c1-5-8-13(6-2)9-7-10-15-12(14)11(3)4/h3,5-10H2,1-2,4H3. The maximum atomic E-state index is 11.0. The van der Waals surface area contributed by atoms with Gasteiger partial charge < -0.3 is 9.64 Å². The molecule has 0 N–H and O–H groups in total. The lowest BCUT2D eigenvalue weighted by atomic mass is 10.3. The third-order valence-electron chi connectivity index (χ3n) is 2.19. The molecule has 88 valence electrons. The second-order valence-electron chi connectivity index (χ2n) is 3.70. The SMILES string of the molecule is C=C(C)C(=O)OCCCN(CC)CCC. The van der Waals surface area contributed by atoms with Gasteiger partial charge in [0, 0.05) is 12.1 Å². The largest absolute Gasteiger partial charge is 0.462 e. The van der Waals surface area contributed by atoms with Gasteiger partial charge in [-0.1, -0.05) is 20.4 Å². The molecule has 3 nitrogen and oxygen atoms in total. The lowest BCUT2D eigenvalue weighted by Crippen LogP contribution is -2.26. The average molecular weight is 213 g/mol. The van der Waals surface area contributed by atoms with E-state index in [9.17, 15) is 4.79 Å². The Balaban J connectivity index is 3.52. The topological polar surface area (TPSA) is 29.5 Å². The first-order chi connectivity index (χ1) is 7.11. The van der Waals surface area contributed by atoms with Crippen LogP contribution in [0.25, 0.3) is 0 Å². The second kappa shape index (κ2) is 8.48. The summed E-state index contributed by atoms with van der Waals surface area (Å²) in [5.41, 5.74) is 0.468. The highest BCUT2D eigenvalue weighted by Gasteiger charge is 2.04. The third-order valence-corrected chi connectivity index (χ3v) is 2.19. The first-order valence-corrected chi connectivity index (χ1v) is 5.66. The summed E-state index contributed by atoms with van der Waals surface area (Å²) < 4.78 is 5.01. The molecule has 0 bridgehead atoms. The molecule has 0 aromatic rings. The number of nitrogens with zero attached hydrogens (tertiary/aromatic N) is 1. The predicted molar refractivity (Wildman–Crippen MR) is 62.8 cm³/mol. The predicted octanol–water partition coefficient (Wildman–Crippen LogP) is 2.23. The first kappa shape index (κ1) is 14.2. The highest BCUT2D eigenvalue weighted by Crippen LogP contribution is 1.96. The summed E-state index contributed by atoms with van der Waals surface area (Å²) in [4.78, 5) is 13.4. The molecule has 3 heteroatoms. The normalized spacial score (nSPS) is 10.4. The molecule has 15 heavy (non-hydrogen) atoms. The third kappa shape index (κ3) is 7.14. The number of hydrogen-bond donors (Lipinski definition) is 0. The summed E-state index contributed by atoms with van der Waals surface area (Å²) in [6.07, 6.45) is 2.06. The van der Waals surface area contributed by atoms with Crippen molar-refractivity contribution in [2.24, 2.45) is 0 Å². The number of esters is 1. The van der Waals surface area contributed by atoms with Crippen LogP contribution in [-0.2, 0) is 9.53 Å². The van der Waals surface area contributed by atoms with E-state index >= 15 is 0 Å². The van der Waals surface area contributed by atoms with Crippen LogP contribution in [-0.4, -0.2) is 37.1 Å². The molecule has 0 saturated carbocycles. The summed E-state index contributed by atoms with van der Waals surface area (Å²) in [7, 11) is 0. The van der Waals surface area contributed by atoms with Crippen LogP contribution in [0.5, 0.6) is 0 Å². The van der Waals surface area contributed by atoms with Crippen molar-refractivity contribution in [3.05, 3.63) is 12.2 Å². The molecule has 0 aromatic heterocycles. The molecule has 0 aromatic carbocycles. The Morgan fingerprint density at radius 2 is 2.00 bits per heavy atom.